The van der Waals surface area contributed by atoms with Crippen LogP contribution in [0.25, 0.3) is 0 Å². The van der Waals surface area contributed by atoms with Gasteiger partial charge in [-0.2, -0.15) is 0 Å². The van der Waals surface area contributed by atoms with E-state index in [1.54, 1.807) is 0 Å². The van der Waals surface area contributed by atoms with E-state index in [0.717, 1.165) is 24.1 Å². The summed E-state index contributed by atoms with van der Waals surface area (Å²) in [5.74, 6) is 0. The molecule has 0 radical (unpaired) electrons. The summed E-state index contributed by atoms with van der Waals surface area (Å²) in [6, 6.07) is 7.73. The maximum atomic E-state index is 11.3. The molecular weight excluding hydrogens is 190 g/mol. The number of ether oxygens (including phenoxy) is 1. The Morgan fingerprint density at radius 1 is 1.33 bits per heavy atom. The van der Waals surface area contributed by atoms with Gasteiger partial charge in [0.15, 0.2) is 0 Å². The number of para-hydroxylation sites is 1. The molecule has 0 aliphatic rings. The van der Waals surface area contributed by atoms with E-state index in [9.17, 15) is 4.79 Å². The molecule has 1 aromatic rings. The Bertz CT molecular complexity index is 323. The fourth-order valence-electron chi connectivity index (χ4n) is 1.29. The highest BCUT2D eigenvalue weighted by Gasteiger charge is 2.04. The van der Waals surface area contributed by atoms with Gasteiger partial charge in [0.05, 0.1) is 6.61 Å². The number of benzene rings is 1. The molecule has 1 N–H and O–H groups in total. The number of hydrogen-bond acceptors (Lipinski definition) is 2. The zero-order valence-corrected chi connectivity index (χ0v) is 9.25. The summed E-state index contributed by atoms with van der Waals surface area (Å²) in [4.78, 5) is 11.3. The van der Waals surface area contributed by atoms with Gasteiger partial charge >= 0.3 is 6.09 Å². The maximum absolute atomic E-state index is 11.3. The molecule has 1 aromatic carbocycles. The molecule has 0 fully saturated rings. The third-order valence-electron chi connectivity index (χ3n) is 2.07. The molecule has 3 nitrogen and oxygen atoms in total. The predicted molar refractivity (Wildman–Crippen MR) is 61.1 cm³/mol. The van der Waals surface area contributed by atoms with Crippen molar-refractivity contribution in [2.24, 2.45) is 0 Å². The second kappa shape index (κ2) is 6.06. The van der Waals surface area contributed by atoms with Gasteiger partial charge in [0.25, 0.3) is 0 Å². The summed E-state index contributed by atoms with van der Waals surface area (Å²) in [6.45, 7) is 4.48. The molecule has 0 atom stereocenters. The Kier molecular flexibility index (Phi) is 4.68. The van der Waals surface area contributed by atoms with Crippen LogP contribution in [-0.2, 0) is 11.2 Å². The molecule has 0 aliphatic heterocycles. The fraction of sp³-hybridized carbons (Fsp3) is 0.417. The van der Waals surface area contributed by atoms with Crippen molar-refractivity contribution in [2.75, 3.05) is 11.9 Å². The van der Waals surface area contributed by atoms with E-state index in [2.05, 4.69) is 12.2 Å². The van der Waals surface area contributed by atoms with Crippen LogP contribution in [0.2, 0.25) is 0 Å². The number of rotatable bonds is 4. The van der Waals surface area contributed by atoms with Gasteiger partial charge in [0, 0.05) is 5.69 Å². The zero-order chi connectivity index (χ0) is 11.1. The number of carbonyl (C=O) groups is 1. The molecule has 0 heterocycles. The number of amides is 1. The molecule has 0 spiro atoms. The maximum Gasteiger partial charge on any atom is 0.411 e. The van der Waals surface area contributed by atoms with Gasteiger partial charge in [-0.05, 0) is 24.5 Å². The lowest BCUT2D eigenvalue weighted by Gasteiger charge is -2.09. The van der Waals surface area contributed by atoms with Crippen molar-refractivity contribution in [3.63, 3.8) is 0 Å². The second-order valence-corrected chi connectivity index (χ2v) is 3.27. The first kappa shape index (κ1) is 11.6. The number of nitrogens with one attached hydrogen (secondary N) is 1. The van der Waals surface area contributed by atoms with Crippen LogP contribution in [0, 0.1) is 0 Å². The molecule has 0 saturated heterocycles. The van der Waals surface area contributed by atoms with Gasteiger partial charge in [-0.25, -0.2) is 4.79 Å². The monoisotopic (exact) mass is 207 g/mol. The third-order valence-corrected chi connectivity index (χ3v) is 2.07. The molecule has 0 aliphatic carbocycles. The lowest BCUT2D eigenvalue weighted by molar-refractivity contribution is 0.161. The quantitative estimate of drug-likeness (QED) is 0.823. The number of hydrogen-bond donors (Lipinski definition) is 1. The molecule has 3 heteroatoms. The highest BCUT2D eigenvalue weighted by atomic mass is 16.5. The first-order chi connectivity index (χ1) is 7.27. The van der Waals surface area contributed by atoms with Crippen LogP contribution in [0.5, 0.6) is 0 Å². The molecule has 0 aromatic heterocycles. The predicted octanol–water partition coefficient (Wildman–Crippen LogP) is 3.21. The van der Waals surface area contributed by atoms with Crippen molar-refractivity contribution in [3.05, 3.63) is 29.8 Å². The average molecular weight is 207 g/mol. The van der Waals surface area contributed by atoms with Crippen molar-refractivity contribution in [2.45, 2.75) is 26.7 Å². The summed E-state index contributed by atoms with van der Waals surface area (Å²) in [7, 11) is 0. The van der Waals surface area contributed by atoms with Crippen molar-refractivity contribution in [1.82, 2.24) is 0 Å². The van der Waals surface area contributed by atoms with Crippen molar-refractivity contribution in [3.8, 4) is 0 Å². The molecule has 0 bridgehead atoms. The summed E-state index contributed by atoms with van der Waals surface area (Å²) in [6.07, 6.45) is 1.35. The standard InChI is InChI=1S/C12H17NO2/c1-3-9-15-12(14)13-11-8-6-5-7-10(11)4-2/h5-8H,3-4,9H2,1-2H3,(H,13,14). The minimum atomic E-state index is -0.377. The van der Waals surface area contributed by atoms with Crippen molar-refractivity contribution >= 4 is 11.8 Å². The van der Waals surface area contributed by atoms with Gasteiger partial charge in [0.1, 0.15) is 0 Å². The second-order valence-electron chi connectivity index (χ2n) is 3.27. The van der Waals surface area contributed by atoms with E-state index in [1.807, 2.05) is 31.2 Å². The van der Waals surface area contributed by atoms with Gasteiger partial charge in [-0.15, -0.1) is 0 Å². The highest BCUT2D eigenvalue weighted by molar-refractivity contribution is 5.85. The molecule has 15 heavy (non-hydrogen) atoms. The minimum Gasteiger partial charge on any atom is -0.449 e. The SMILES string of the molecule is CCCOC(=O)Nc1ccccc1CC. The topological polar surface area (TPSA) is 38.3 Å². The number of aryl methyl sites for hydroxylation is 1. The van der Waals surface area contributed by atoms with Crippen LogP contribution in [0.4, 0.5) is 10.5 Å². The van der Waals surface area contributed by atoms with E-state index in [-0.39, 0.29) is 6.09 Å². The highest BCUT2D eigenvalue weighted by Crippen LogP contribution is 2.15. The van der Waals surface area contributed by atoms with Crippen LogP contribution in [0.3, 0.4) is 0 Å². The van der Waals surface area contributed by atoms with Gasteiger partial charge in [-0.3, -0.25) is 5.32 Å². The molecular formula is C12H17NO2. The summed E-state index contributed by atoms with van der Waals surface area (Å²) < 4.78 is 4.94. The van der Waals surface area contributed by atoms with E-state index >= 15 is 0 Å². The molecule has 82 valence electrons. The smallest absolute Gasteiger partial charge is 0.411 e. The molecule has 1 amide bonds. The van der Waals surface area contributed by atoms with Crippen LogP contribution in [0.15, 0.2) is 24.3 Å². The lowest BCUT2D eigenvalue weighted by Crippen LogP contribution is -2.15. The Morgan fingerprint density at radius 2 is 2.07 bits per heavy atom. The van der Waals surface area contributed by atoms with Gasteiger partial charge < -0.3 is 4.74 Å². The Morgan fingerprint density at radius 3 is 2.73 bits per heavy atom. The summed E-state index contributed by atoms with van der Waals surface area (Å²) >= 11 is 0. The van der Waals surface area contributed by atoms with Crippen LogP contribution < -0.4 is 5.32 Å². The largest absolute Gasteiger partial charge is 0.449 e. The Hall–Kier alpha value is -1.51. The molecule has 1 rings (SSSR count). The number of carbonyl (C=O) groups excluding carboxylic acids is 1. The van der Waals surface area contributed by atoms with E-state index in [1.165, 1.54) is 0 Å². The Labute approximate surface area is 90.4 Å². The first-order valence-corrected chi connectivity index (χ1v) is 5.29. The van der Waals surface area contributed by atoms with Gasteiger partial charge in [-0.1, -0.05) is 32.0 Å². The Balaban J connectivity index is 2.59. The molecule has 0 unspecified atom stereocenters. The van der Waals surface area contributed by atoms with E-state index in [4.69, 9.17) is 4.74 Å². The minimum absolute atomic E-state index is 0.377. The lowest BCUT2D eigenvalue weighted by atomic mass is 10.1. The zero-order valence-electron chi connectivity index (χ0n) is 9.25. The normalized spacial score (nSPS) is 9.73. The summed E-state index contributed by atoms with van der Waals surface area (Å²) in [5, 5.41) is 2.74. The van der Waals surface area contributed by atoms with Crippen molar-refractivity contribution in [1.29, 1.82) is 0 Å². The van der Waals surface area contributed by atoms with Crippen LogP contribution >= 0.6 is 0 Å². The first-order valence-electron chi connectivity index (χ1n) is 5.29. The van der Waals surface area contributed by atoms with Crippen LogP contribution in [0.1, 0.15) is 25.8 Å². The van der Waals surface area contributed by atoms with E-state index < -0.39 is 0 Å². The van der Waals surface area contributed by atoms with Gasteiger partial charge in [0.2, 0.25) is 0 Å². The average Bonchev–Trinajstić information content (AvgIpc) is 2.27. The summed E-state index contributed by atoms with van der Waals surface area (Å²) in [5.41, 5.74) is 1.95. The third kappa shape index (κ3) is 3.62. The number of anilines is 1. The fourth-order valence-corrected chi connectivity index (χ4v) is 1.29. The van der Waals surface area contributed by atoms with Crippen LogP contribution in [-0.4, -0.2) is 12.7 Å². The van der Waals surface area contributed by atoms with Crippen molar-refractivity contribution < 1.29 is 9.53 Å². The molecule has 0 saturated carbocycles. The van der Waals surface area contributed by atoms with E-state index in [0.29, 0.717) is 6.61 Å².